The summed E-state index contributed by atoms with van der Waals surface area (Å²) < 4.78 is 58.0. The fourth-order valence-electron chi connectivity index (χ4n) is 1.91. The molecule has 0 atom stereocenters. The first-order chi connectivity index (χ1) is 11.8. The Morgan fingerprint density at radius 2 is 1.68 bits per heavy atom. The van der Waals surface area contributed by atoms with E-state index in [1.54, 1.807) is 0 Å². The number of rotatable bonds is 5. The maximum atomic E-state index is 13.7. The Bertz CT molecular complexity index is 827. The molecule has 132 valence electrons. The summed E-state index contributed by atoms with van der Waals surface area (Å²) in [5.74, 6) is -5.61. The van der Waals surface area contributed by atoms with Crippen LogP contribution in [-0.4, -0.2) is 25.5 Å². The topological polar surface area (TPSA) is 67.4 Å². The largest absolute Gasteiger partial charge is 0.465 e. The number of carbonyl (C=O) groups excluding carboxylic acids is 2. The van der Waals surface area contributed by atoms with E-state index in [0.29, 0.717) is 6.07 Å². The van der Waals surface area contributed by atoms with Crippen molar-refractivity contribution in [1.82, 2.24) is 0 Å². The lowest BCUT2D eigenvalue weighted by atomic mass is 10.1. The van der Waals surface area contributed by atoms with E-state index in [-0.39, 0.29) is 11.4 Å². The summed E-state index contributed by atoms with van der Waals surface area (Å²) >= 11 is 0. The fraction of sp³-hybridized carbons (Fsp3) is 0.125. The molecule has 0 bridgehead atoms. The number of hydrogen-bond acceptors (Lipinski definition) is 4. The van der Waals surface area contributed by atoms with Gasteiger partial charge in [0.2, 0.25) is 5.91 Å². The van der Waals surface area contributed by atoms with Crippen molar-refractivity contribution in [1.29, 1.82) is 0 Å². The van der Waals surface area contributed by atoms with Crippen molar-refractivity contribution < 1.29 is 31.9 Å². The molecule has 2 rings (SSSR count). The molecule has 2 aromatic carbocycles. The van der Waals surface area contributed by atoms with Gasteiger partial charge < -0.3 is 15.4 Å². The highest BCUT2D eigenvalue weighted by molar-refractivity contribution is 5.94. The Morgan fingerprint density at radius 3 is 2.36 bits per heavy atom. The van der Waals surface area contributed by atoms with Crippen LogP contribution in [0.4, 0.5) is 28.9 Å². The minimum atomic E-state index is -1.12. The van der Waals surface area contributed by atoms with Gasteiger partial charge in [-0.15, -0.1) is 0 Å². The molecule has 0 saturated heterocycles. The van der Waals surface area contributed by atoms with Crippen molar-refractivity contribution in [2.24, 2.45) is 0 Å². The molecule has 0 saturated carbocycles. The summed E-state index contributed by atoms with van der Waals surface area (Å²) in [5.41, 5.74) is -1.25. The SMILES string of the molecule is COC(=O)c1cc(NCC(=O)Nc2cc(F)ccc2F)c(F)cc1F. The predicted octanol–water partition coefficient (Wildman–Crippen LogP) is 3.08. The van der Waals surface area contributed by atoms with E-state index in [1.165, 1.54) is 0 Å². The van der Waals surface area contributed by atoms with Gasteiger partial charge in [-0.2, -0.15) is 0 Å². The third-order valence-corrected chi connectivity index (χ3v) is 3.10. The smallest absolute Gasteiger partial charge is 0.340 e. The average molecular weight is 356 g/mol. The normalized spacial score (nSPS) is 10.3. The zero-order valence-electron chi connectivity index (χ0n) is 12.8. The Morgan fingerprint density at radius 1 is 0.960 bits per heavy atom. The Balaban J connectivity index is 2.09. The number of ether oxygens (including phenoxy) is 1. The van der Waals surface area contributed by atoms with Crippen molar-refractivity contribution in [3.8, 4) is 0 Å². The van der Waals surface area contributed by atoms with E-state index in [4.69, 9.17) is 0 Å². The van der Waals surface area contributed by atoms with Gasteiger partial charge in [0.25, 0.3) is 0 Å². The number of amides is 1. The van der Waals surface area contributed by atoms with Crippen LogP contribution in [-0.2, 0) is 9.53 Å². The van der Waals surface area contributed by atoms with Gasteiger partial charge in [-0.25, -0.2) is 22.4 Å². The number of methoxy groups -OCH3 is 1. The third kappa shape index (κ3) is 4.46. The molecular formula is C16H12F4N2O3. The first kappa shape index (κ1) is 18.2. The molecular weight excluding hydrogens is 344 g/mol. The van der Waals surface area contributed by atoms with Crippen LogP contribution in [0, 0.1) is 23.3 Å². The van der Waals surface area contributed by atoms with Crippen LogP contribution < -0.4 is 10.6 Å². The van der Waals surface area contributed by atoms with Crippen LogP contribution >= 0.6 is 0 Å². The summed E-state index contributed by atoms with van der Waals surface area (Å²) in [5, 5.41) is 4.43. The molecule has 5 nitrogen and oxygen atoms in total. The van der Waals surface area contributed by atoms with E-state index in [2.05, 4.69) is 15.4 Å². The molecule has 0 radical (unpaired) electrons. The predicted molar refractivity (Wildman–Crippen MR) is 81.2 cm³/mol. The van der Waals surface area contributed by atoms with Crippen LogP contribution in [0.15, 0.2) is 30.3 Å². The van der Waals surface area contributed by atoms with Gasteiger partial charge in [0.05, 0.1) is 30.6 Å². The number of anilines is 2. The summed E-state index contributed by atoms with van der Waals surface area (Å²) in [4.78, 5) is 23.1. The molecule has 2 aromatic rings. The summed E-state index contributed by atoms with van der Waals surface area (Å²) in [7, 11) is 1.03. The first-order valence-electron chi connectivity index (χ1n) is 6.88. The second-order valence-corrected chi connectivity index (χ2v) is 4.83. The standard InChI is InChI=1S/C16H12F4N2O3/c1-25-16(24)9-5-13(12(20)6-11(9)19)21-7-15(23)22-14-4-8(17)2-3-10(14)18/h2-6,21H,7H2,1H3,(H,22,23). The fourth-order valence-corrected chi connectivity index (χ4v) is 1.91. The van der Waals surface area contributed by atoms with Gasteiger partial charge in [-0.3, -0.25) is 4.79 Å². The highest BCUT2D eigenvalue weighted by Gasteiger charge is 2.17. The van der Waals surface area contributed by atoms with Crippen LogP contribution in [0.3, 0.4) is 0 Å². The summed E-state index contributed by atoms with van der Waals surface area (Å²) in [6.45, 7) is -0.543. The molecule has 0 aliphatic heterocycles. The summed E-state index contributed by atoms with van der Waals surface area (Å²) in [6.07, 6.45) is 0. The molecule has 0 aromatic heterocycles. The van der Waals surface area contributed by atoms with Crippen molar-refractivity contribution in [3.05, 3.63) is 59.2 Å². The van der Waals surface area contributed by atoms with E-state index in [9.17, 15) is 27.2 Å². The number of carbonyl (C=O) groups is 2. The first-order valence-corrected chi connectivity index (χ1v) is 6.88. The quantitative estimate of drug-likeness (QED) is 0.638. The van der Waals surface area contributed by atoms with Gasteiger partial charge in [-0.1, -0.05) is 0 Å². The lowest BCUT2D eigenvalue weighted by molar-refractivity contribution is -0.114. The maximum Gasteiger partial charge on any atom is 0.340 e. The minimum Gasteiger partial charge on any atom is -0.465 e. The lowest BCUT2D eigenvalue weighted by Gasteiger charge is -2.11. The number of benzene rings is 2. The van der Waals surface area contributed by atoms with E-state index >= 15 is 0 Å². The molecule has 1 amide bonds. The highest BCUT2D eigenvalue weighted by Crippen LogP contribution is 2.20. The van der Waals surface area contributed by atoms with Gasteiger partial charge in [0.15, 0.2) is 0 Å². The van der Waals surface area contributed by atoms with Crippen LogP contribution in [0.25, 0.3) is 0 Å². The van der Waals surface area contributed by atoms with E-state index in [1.807, 2.05) is 0 Å². The van der Waals surface area contributed by atoms with Crippen LogP contribution in [0.1, 0.15) is 10.4 Å². The zero-order valence-corrected chi connectivity index (χ0v) is 12.8. The van der Waals surface area contributed by atoms with Crippen LogP contribution in [0.5, 0.6) is 0 Å². The van der Waals surface area contributed by atoms with Gasteiger partial charge in [0.1, 0.15) is 23.3 Å². The summed E-state index contributed by atoms with van der Waals surface area (Å²) in [6, 6.07) is 3.79. The van der Waals surface area contributed by atoms with Gasteiger partial charge in [-0.05, 0) is 18.2 Å². The van der Waals surface area contributed by atoms with Crippen molar-refractivity contribution in [2.75, 3.05) is 24.3 Å². The van der Waals surface area contributed by atoms with Gasteiger partial charge in [0, 0.05) is 12.1 Å². The second kappa shape index (κ2) is 7.65. The molecule has 9 heteroatoms. The molecule has 2 N–H and O–H groups in total. The second-order valence-electron chi connectivity index (χ2n) is 4.83. The Hall–Kier alpha value is -3.10. The number of esters is 1. The maximum absolute atomic E-state index is 13.7. The highest BCUT2D eigenvalue weighted by atomic mass is 19.1. The number of nitrogens with one attached hydrogen (secondary N) is 2. The molecule has 0 fully saturated rings. The molecule has 0 aliphatic carbocycles. The van der Waals surface area contributed by atoms with Crippen molar-refractivity contribution in [2.45, 2.75) is 0 Å². The monoisotopic (exact) mass is 356 g/mol. The minimum absolute atomic E-state index is 0.336. The van der Waals surface area contributed by atoms with Crippen molar-refractivity contribution in [3.63, 3.8) is 0 Å². The van der Waals surface area contributed by atoms with E-state index in [0.717, 1.165) is 31.4 Å². The molecule has 25 heavy (non-hydrogen) atoms. The average Bonchev–Trinajstić information content (AvgIpc) is 2.56. The Kier molecular flexibility index (Phi) is 5.58. The number of halogens is 4. The molecule has 0 unspecified atom stereocenters. The van der Waals surface area contributed by atoms with Gasteiger partial charge >= 0.3 is 5.97 Å². The third-order valence-electron chi connectivity index (χ3n) is 3.10. The molecule has 0 aliphatic rings. The molecule has 0 heterocycles. The number of hydrogen-bond donors (Lipinski definition) is 2. The molecule has 0 spiro atoms. The van der Waals surface area contributed by atoms with Crippen molar-refractivity contribution >= 4 is 23.3 Å². The Labute approximate surface area is 139 Å². The zero-order chi connectivity index (χ0) is 18.6. The van der Waals surface area contributed by atoms with Crippen LogP contribution in [0.2, 0.25) is 0 Å². The lowest BCUT2D eigenvalue weighted by Crippen LogP contribution is -2.23. The van der Waals surface area contributed by atoms with E-state index < -0.39 is 47.3 Å².